The van der Waals surface area contributed by atoms with Gasteiger partial charge in [0.05, 0.1) is 18.7 Å². The van der Waals surface area contributed by atoms with Crippen LogP contribution in [0.25, 0.3) is 6.08 Å². The fourth-order valence-electron chi connectivity index (χ4n) is 1.89. The van der Waals surface area contributed by atoms with Crippen LogP contribution in [0.15, 0.2) is 48.5 Å². The molecule has 0 unspecified atom stereocenters. The maximum atomic E-state index is 11.8. The fraction of sp³-hybridized carbons (Fsp3) is 0.111. The van der Waals surface area contributed by atoms with Gasteiger partial charge in [-0.15, -0.1) is 0 Å². The van der Waals surface area contributed by atoms with E-state index >= 15 is 0 Å². The van der Waals surface area contributed by atoms with E-state index in [2.05, 4.69) is 0 Å². The lowest BCUT2D eigenvalue weighted by atomic mass is 10.1. The predicted molar refractivity (Wildman–Crippen MR) is 83.6 cm³/mol. The molecule has 2 aromatic rings. The van der Waals surface area contributed by atoms with Gasteiger partial charge in [0, 0.05) is 11.6 Å². The Morgan fingerprint density at radius 3 is 2.55 bits per heavy atom. The third-order valence-corrected chi connectivity index (χ3v) is 2.99. The van der Waals surface area contributed by atoms with Gasteiger partial charge in [0.25, 0.3) is 0 Å². The molecule has 0 spiro atoms. The molecule has 0 atom stereocenters. The van der Waals surface area contributed by atoms with E-state index in [1.54, 1.807) is 37.5 Å². The lowest BCUT2D eigenvalue weighted by Gasteiger charge is -2.05. The summed E-state index contributed by atoms with van der Waals surface area (Å²) in [5.41, 5.74) is 2.39. The van der Waals surface area contributed by atoms with Crippen molar-refractivity contribution in [2.24, 2.45) is 0 Å². The lowest BCUT2D eigenvalue weighted by Crippen LogP contribution is -2.03. The summed E-state index contributed by atoms with van der Waals surface area (Å²) >= 11 is 0. The predicted octanol–water partition coefficient (Wildman–Crippen LogP) is 3.49. The van der Waals surface area contributed by atoms with Gasteiger partial charge in [-0.25, -0.2) is 4.79 Å². The molecule has 0 heterocycles. The molecule has 0 aliphatic rings. The second kappa shape index (κ2) is 7.09. The quantitative estimate of drug-likeness (QED) is 0.492. The van der Waals surface area contributed by atoms with Gasteiger partial charge in [-0.05, 0) is 49.4 Å². The van der Waals surface area contributed by atoms with Crippen LogP contribution in [0.1, 0.15) is 16.7 Å². The summed E-state index contributed by atoms with van der Waals surface area (Å²) in [7, 11) is 1.58. The highest BCUT2D eigenvalue weighted by atomic mass is 16.5. The molecule has 0 aliphatic carbocycles. The summed E-state index contributed by atoms with van der Waals surface area (Å²) in [6, 6.07) is 14.1. The summed E-state index contributed by atoms with van der Waals surface area (Å²) in [5, 5.41) is 8.71. The minimum absolute atomic E-state index is 0.393. The van der Waals surface area contributed by atoms with Crippen molar-refractivity contribution in [3.8, 4) is 17.6 Å². The standard InChI is InChI=1S/C18H15NO3/c1-13-3-9-17(21-2)15(11-13)6-10-18(20)22-16-7-4-14(12-19)5-8-16/h3-11H,1-2H3/b10-6+. The van der Waals surface area contributed by atoms with Crippen molar-refractivity contribution in [1.82, 2.24) is 0 Å². The number of esters is 1. The van der Waals surface area contributed by atoms with Gasteiger partial charge in [0.1, 0.15) is 11.5 Å². The molecule has 4 nitrogen and oxygen atoms in total. The number of rotatable bonds is 4. The maximum Gasteiger partial charge on any atom is 0.336 e. The second-order valence-electron chi connectivity index (χ2n) is 4.64. The minimum atomic E-state index is -0.492. The fourth-order valence-corrected chi connectivity index (χ4v) is 1.89. The number of aryl methyl sites for hydroxylation is 1. The largest absolute Gasteiger partial charge is 0.496 e. The molecule has 0 aliphatic heterocycles. The summed E-state index contributed by atoms with van der Waals surface area (Å²) in [6.45, 7) is 1.96. The van der Waals surface area contributed by atoms with Gasteiger partial charge in [-0.3, -0.25) is 0 Å². The number of carbonyl (C=O) groups excluding carboxylic acids is 1. The van der Waals surface area contributed by atoms with Crippen molar-refractivity contribution in [1.29, 1.82) is 5.26 Å². The molecule has 0 fully saturated rings. The Labute approximate surface area is 129 Å². The number of nitriles is 1. The van der Waals surface area contributed by atoms with Crippen molar-refractivity contribution in [3.63, 3.8) is 0 Å². The Morgan fingerprint density at radius 1 is 1.18 bits per heavy atom. The van der Waals surface area contributed by atoms with Crippen molar-refractivity contribution < 1.29 is 14.3 Å². The van der Waals surface area contributed by atoms with E-state index in [4.69, 9.17) is 14.7 Å². The van der Waals surface area contributed by atoms with E-state index < -0.39 is 5.97 Å². The lowest BCUT2D eigenvalue weighted by molar-refractivity contribution is -0.128. The van der Waals surface area contributed by atoms with Crippen LogP contribution in [0.3, 0.4) is 0 Å². The number of ether oxygens (including phenoxy) is 2. The number of nitrogens with zero attached hydrogens (tertiary/aromatic N) is 1. The molecule has 110 valence electrons. The molecule has 0 bridgehead atoms. The monoisotopic (exact) mass is 293 g/mol. The number of carbonyl (C=O) groups is 1. The van der Waals surface area contributed by atoms with E-state index in [1.165, 1.54) is 6.08 Å². The SMILES string of the molecule is COc1ccc(C)cc1/C=C/C(=O)Oc1ccc(C#N)cc1. The smallest absolute Gasteiger partial charge is 0.336 e. The van der Waals surface area contributed by atoms with Gasteiger partial charge in [0.15, 0.2) is 0 Å². The molecule has 4 heteroatoms. The molecule has 0 radical (unpaired) electrons. The highest BCUT2D eigenvalue weighted by Crippen LogP contribution is 2.21. The van der Waals surface area contributed by atoms with Gasteiger partial charge < -0.3 is 9.47 Å². The zero-order valence-electron chi connectivity index (χ0n) is 12.4. The molecular weight excluding hydrogens is 278 g/mol. The number of benzene rings is 2. The molecule has 0 aromatic heterocycles. The first-order valence-electron chi connectivity index (χ1n) is 6.67. The Hall–Kier alpha value is -3.06. The van der Waals surface area contributed by atoms with Crippen LogP contribution >= 0.6 is 0 Å². The van der Waals surface area contributed by atoms with Crippen LogP contribution in [0.2, 0.25) is 0 Å². The molecule has 0 N–H and O–H groups in total. The summed E-state index contributed by atoms with van der Waals surface area (Å²) in [6.07, 6.45) is 2.99. The van der Waals surface area contributed by atoms with Gasteiger partial charge >= 0.3 is 5.97 Å². The van der Waals surface area contributed by atoms with Crippen LogP contribution < -0.4 is 9.47 Å². The van der Waals surface area contributed by atoms with E-state index in [0.717, 1.165) is 11.1 Å². The molecular formula is C18H15NO3. The molecule has 0 saturated carbocycles. The Balaban J connectivity index is 2.08. The van der Waals surface area contributed by atoms with E-state index in [0.29, 0.717) is 17.1 Å². The Kier molecular flexibility index (Phi) is 4.94. The van der Waals surface area contributed by atoms with E-state index in [9.17, 15) is 4.79 Å². The Bertz CT molecular complexity index is 740. The third-order valence-electron chi connectivity index (χ3n) is 2.99. The molecule has 0 amide bonds. The number of hydrogen-bond donors (Lipinski definition) is 0. The van der Waals surface area contributed by atoms with Crippen LogP contribution in [0.4, 0.5) is 0 Å². The minimum Gasteiger partial charge on any atom is -0.496 e. The molecule has 22 heavy (non-hydrogen) atoms. The average Bonchev–Trinajstić information content (AvgIpc) is 2.54. The first kappa shape index (κ1) is 15.3. The highest BCUT2D eigenvalue weighted by Gasteiger charge is 2.03. The normalized spacial score (nSPS) is 10.2. The average molecular weight is 293 g/mol. The maximum absolute atomic E-state index is 11.8. The first-order chi connectivity index (χ1) is 10.6. The van der Waals surface area contributed by atoms with E-state index in [-0.39, 0.29) is 0 Å². The third kappa shape index (κ3) is 3.97. The van der Waals surface area contributed by atoms with Crippen LogP contribution in [-0.4, -0.2) is 13.1 Å². The second-order valence-corrected chi connectivity index (χ2v) is 4.64. The zero-order chi connectivity index (χ0) is 15.9. The van der Waals surface area contributed by atoms with Gasteiger partial charge in [0.2, 0.25) is 0 Å². The molecule has 2 aromatic carbocycles. The number of hydrogen-bond acceptors (Lipinski definition) is 4. The van der Waals surface area contributed by atoms with Crippen LogP contribution in [0.5, 0.6) is 11.5 Å². The van der Waals surface area contributed by atoms with E-state index in [1.807, 2.05) is 31.2 Å². The van der Waals surface area contributed by atoms with Crippen molar-refractivity contribution in [2.45, 2.75) is 6.92 Å². The van der Waals surface area contributed by atoms with Crippen LogP contribution in [-0.2, 0) is 4.79 Å². The zero-order valence-corrected chi connectivity index (χ0v) is 12.4. The molecule has 0 saturated heterocycles. The first-order valence-corrected chi connectivity index (χ1v) is 6.67. The molecule has 2 rings (SSSR count). The van der Waals surface area contributed by atoms with Crippen molar-refractivity contribution >= 4 is 12.0 Å². The van der Waals surface area contributed by atoms with Crippen molar-refractivity contribution in [2.75, 3.05) is 7.11 Å². The summed E-state index contributed by atoms with van der Waals surface area (Å²) in [4.78, 5) is 11.8. The van der Waals surface area contributed by atoms with Crippen molar-refractivity contribution in [3.05, 3.63) is 65.2 Å². The summed E-state index contributed by atoms with van der Waals surface area (Å²) in [5.74, 6) is 0.589. The topological polar surface area (TPSA) is 59.3 Å². The highest BCUT2D eigenvalue weighted by molar-refractivity contribution is 5.89. The van der Waals surface area contributed by atoms with Gasteiger partial charge in [-0.1, -0.05) is 11.6 Å². The number of methoxy groups -OCH3 is 1. The van der Waals surface area contributed by atoms with Crippen LogP contribution in [0, 0.1) is 18.3 Å². The Morgan fingerprint density at radius 2 is 1.91 bits per heavy atom. The summed E-state index contributed by atoms with van der Waals surface area (Å²) < 4.78 is 10.4. The van der Waals surface area contributed by atoms with Gasteiger partial charge in [-0.2, -0.15) is 5.26 Å².